The van der Waals surface area contributed by atoms with Crippen LogP contribution in [0.5, 0.6) is 5.75 Å². The third-order valence-corrected chi connectivity index (χ3v) is 4.87. The van der Waals surface area contributed by atoms with Gasteiger partial charge in [-0.15, -0.1) is 0 Å². The van der Waals surface area contributed by atoms with E-state index in [0.717, 1.165) is 39.0 Å². The van der Waals surface area contributed by atoms with E-state index in [2.05, 4.69) is 5.32 Å². The lowest BCUT2D eigenvalue weighted by atomic mass is 9.92. The van der Waals surface area contributed by atoms with Crippen molar-refractivity contribution in [3.63, 3.8) is 0 Å². The van der Waals surface area contributed by atoms with Gasteiger partial charge in [0, 0.05) is 18.7 Å². The monoisotopic (exact) mass is 317 g/mol. The van der Waals surface area contributed by atoms with Gasteiger partial charge in [0.25, 0.3) is 5.91 Å². The van der Waals surface area contributed by atoms with Gasteiger partial charge in [0.1, 0.15) is 5.75 Å². The van der Waals surface area contributed by atoms with Crippen LogP contribution in [-0.2, 0) is 4.79 Å². The summed E-state index contributed by atoms with van der Waals surface area (Å²) in [7, 11) is 0. The molecular weight excluding hydrogens is 294 g/mol. The van der Waals surface area contributed by atoms with E-state index in [-0.39, 0.29) is 12.5 Å². The van der Waals surface area contributed by atoms with E-state index in [9.17, 15) is 9.59 Å². The Kier molecular flexibility index (Phi) is 4.81. The number of rotatable bonds is 4. The predicted molar refractivity (Wildman–Crippen MR) is 86.1 cm³/mol. The number of fused-ring (bicyclic) bond motifs is 1. The van der Waals surface area contributed by atoms with Gasteiger partial charge in [-0.25, -0.2) is 0 Å². The standard InChI is InChI=1S/C17H23N3O3/c18-17(22)12-1-3-15(4-2-12)23-11-16(21)20-7-5-13-9-19-10-14(13)6-8-20/h1-4,13-14,19H,5-11H2,(H2,18,22)/t13-,14+. The van der Waals surface area contributed by atoms with E-state index in [0.29, 0.717) is 23.1 Å². The van der Waals surface area contributed by atoms with Crippen LogP contribution >= 0.6 is 0 Å². The van der Waals surface area contributed by atoms with Gasteiger partial charge < -0.3 is 20.7 Å². The summed E-state index contributed by atoms with van der Waals surface area (Å²) in [6.07, 6.45) is 2.13. The average molecular weight is 317 g/mol. The first-order chi connectivity index (χ1) is 11.1. The fourth-order valence-corrected chi connectivity index (χ4v) is 3.42. The van der Waals surface area contributed by atoms with E-state index < -0.39 is 5.91 Å². The van der Waals surface area contributed by atoms with Crippen LogP contribution in [0.4, 0.5) is 0 Å². The largest absolute Gasteiger partial charge is 0.484 e. The van der Waals surface area contributed by atoms with Crippen LogP contribution in [-0.4, -0.2) is 49.5 Å². The van der Waals surface area contributed by atoms with Gasteiger partial charge in [0.05, 0.1) is 0 Å². The Morgan fingerprint density at radius 3 is 2.30 bits per heavy atom. The number of amides is 2. The molecule has 3 rings (SSSR count). The highest BCUT2D eigenvalue weighted by Gasteiger charge is 2.31. The minimum absolute atomic E-state index is 0.0249. The van der Waals surface area contributed by atoms with E-state index >= 15 is 0 Å². The summed E-state index contributed by atoms with van der Waals surface area (Å²) < 4.78 is 5.53. The topological polar surface area (TPSA) is 84.7 Å². The summed E-state index contributed by atoms with van der Waals surface area (Å²) in [5, 5.41) is 3.43. The Morgan fingerprint density at radius 1 is 1.13 bits per heavy atom. The number of primary amides is 1. The first-order valence-corrected chi connectivity index (χ1v) is 8.14. The van der Waals surface area contributed by atoms with E-state index in [1.54, 1.807) is 24.3 Å². The van der Waals surface area contributed by atoms with Crippen molar-refractivity contribution in [2.75, 3.05) is 32.8 Å². The zero-order valence-electron chi connectivity index (χ0n) is 13.2. The first-order valence-electron chi connectivity index (χ1n) is 8.14. The third kappa shape index (κ3) is 3.82. The molecule has 0 spiro atoms. The number of nitrogens with one attached hydrogen (secondary N) is 1. The van der Waals surface area contributed by atoms with Crippen molar-refractivity contribution >= 4 is 11.8 Å². The highest BCUT2D eigenvalue weighted by molar-refractivity contribution is 5.92. The number of nitrogens with two attached hydrogens (primary N) is 1. The minimum Gasteiger partial charge on any atom is -0.484 e. The van der Waals surface area contributed by atoms with Gasteiger partial charge >= 0.3 is 0 Å². The second kappa shape index (κ2) is 7.00. The summed E-state index contributed by atoms with van der Waals surface area (Å²) in [6.45, 7) is 3.81. The highest BCUT2D eigenvalue weighted by Crippen LogP contribution is 2.27. The molecule has 23 heavy (non-hydrogen) atoms. The van der Waals surface area contributed by atoms with Gasteiger partial charge in [-0.3, -0.25) is 9.59 Å². The second-order valence-corrected chi connectivity index (χ2v) is 6.31. The Balaban J connectivity index is 1.50. The molecule has 2 saturated heterocycles. The molecule has 0 unspecified atom stereocenters. The third-order valence-electron chi connectivity index (χ3n) is 4.87. The Labute approximate surface area is 136 Å². The van der Waals surface area contributed by atoms with Crippen molar-refractivity contribution in [1.82, 2.24) is 10.2 Å². The molecule has 0 bridgehead atoms. The van der Waals surface area contributed by atoms with Crippen molar-refractivity contribution in [2.24, 2.45) is 17.6 Å². The zero-order valence-corrected chi connectivity index (χ0v) is 13.2. The van der Waals surface area contributed by atoms with Gasteiger partial charge in [-0.1, -0.05) is 0 Å². The highest BCUT2D eigenvalue weighted by atomic mass is 16.5. The number of likely N-dealkylation sites (tertiary alicyclic amines) is 1. The first kappa shape index (κ1) is 15.8. The lowest BCUT2D eigenvalue weighted by molar-refractivity contribution is -0.133. The van der Waals surface area contributed by atoms with Crippen LogP contribution < -0.4 is 15.8 Å². The van der Waals surface area contributed by atoms with Gasteiger partial charge in [-0.2, -0.15) is 0 Å². The van der Waals surface area contributed by atoms with E-state index in [1.807, 2.05) is 4.90 Å². The summed E-state index contributed by atoms with van der Waals surface area (Å²) in [5.74, 6) is 1.53. The maximum absolute atomic E-state index is 12.3. The lowest BCUT2D eigenvalue weighted by Crippen LogP contribution is -2.36. The molecule has 0 radical (unpaired) electrons. The number of carbonyl (C=O) groups excluding carboxylic acids is 2. The summed E-state index contributed by atoms with van der Waals surface area (Å²) in [5.41, 5.74) is 5.62. The molecule has 6 nitrogen and oxygen atoms in total. The summed E-state index contributed by atoms with van der Waals surface area (Å²) in [4.78, 5) is 25.3. The number of carbonyl (C=O) groups is 2. The maximum Gasteiger partial charge on any atom is 0.260 e. The molecule has 1 aromatic rings. The second-order valence-electron chi connectivity index (χ2n) is 6.31. The molecule has 0 aliphatic carbocycles. The van der Waals surface area contributed by atoms with Gasteiger partial charge in [0.15, 0.2) is 6.61 Å². The summed E-state index contributed by atoms with van der Waals surface area (Å²) >= 11 is 0. The Hall–Kier alpha value is -2.08. The molecule has 0 aromatic heterocycles. The molecule has 2 aliphatic rings. The summed E-state index contributed by atoms with van der Waals surface area (Å²) in [6, 6.07) is 6.52. The molecule has 1 aromatic carbocycles. The van der Waals surface area contributed by atoms with Crippen molar-refractivity contribution in [2.45, 2.75) is 12.8 Å². The quantitative estimate of drug-likeness (QED) is 0.853. The van der Waals surface area contributed by atoms with Crippen LogP contribution in [0.2, 0.25) is 0 Å². The molecular formula is C17H23N3O3. The molecule has 2 amide bonds. The van der Waals surface area contributed by atoms with Crippen LogP contribution in [0.3, 0.4) is 0 Å². The molecule has 3 N–H and O–H groups in total. The SMILES string of the molecule is NC(=O)c1ccc(OCC(=O)N2CC[C@@H]3CNC[C@@H]3CC2)cc1. The normalized spacial score (nSPS) is 23.9. The lowest BCUT2D eigenvalue weighted by Gasteiger charge is -2.21. The van der Waals surface area contributed by atoms with E-state index in [4.69, 9.17) is 10.5 Å². The molecule has 6 heteroatoms. The molecule has 2 fully saturated rings. The van der Waals surface area contributed by atoms with Crippen LogP contribution in [0.25, 0.3) is 0 Å². The number of nitrogens with zero attached hydrogens (tertiary/aromatic N) is 1. The van der Waals surface area contributed by atoms with Gasteiger partial charge in [-0.05, 0) is 62.0 Å². The average Bonchev–Trinajstić information content (AvgIpc) is 2.91. The van der Waals surface area contributed by atoms with Crippen LogP contribution in [0.1, 0.15) is 23.2 Å². The zero-order chi connectivity index (χ0) is 16.2. The molecule has 124 valence electrons. The number of ether oxygens (including phenoxy) is 1. The molecule has 2 atom stereocenters. The molecule has 2 aliphatic heterocycles. The Morgan fingerprint density at radius 2 is 1.74 bits per heavy atom. The minimum atomic E-state index is -0.475. The van der Waals surface area contributed by atoms with Crippen molar-refractivity contribution in [3.8, 4) is 5.75 Å². The number of benzene rings is 1. The molecule has 0 saturated carbocycles. The fraction of sp³-hybridized carbons (Fsp3) is 0.529. The predicted octanol–water partition coefficient (Wildman–Crippen LogP) is 0.622. The molecule has 2 heterocycles. The van der Waals surface area contributed by atoms with E-state index in [1.165, 1.54) is 0 Å². The van der Waals surface area contributed by atoms with Crippen molar-refractivity contribution in [1.29, 1.82) is 0 Å². The van der Waals surface area contributed by atoms with Gasteiger partial charge in [0.2, 0.25) is 5.91 Å². The maximum atomic E-state index is 12.3. The number of hydrogen-bond acceptors (Lipinski definition) is 4. The van der Waals surface area contributed by atoms with Crippen molar-refractivity contribution in [3.05, 3.63) is 29.8 Å². The smallest absolute Gasteiger partial charge is 0.260 e. The number of hydrogen-bond donors (Lipinski definition) is 2. The van der Waals surface area contributed by atoms with Crippen LogP contribution in [0.15, 0.2) is 24.3 Å². The Bertz CT molecular complexity index is 559. The fourth-order valence-electron chi connectivity index (χ4n) is 3.42. The van der Waals surface area contributed by atoms with Crippen LogP contribution in [0, 0.1) is 11.8 Å². The van der Waals surface area contributed by atoms with Crippen molar-refractivity contribution < 1.29 is 14.3 Å².